The maximum atomic E-state index is 9.99. The van der Waals surface area contributed by atoms with Crippen LogP contribution in [0.5, 0.6) is 0 Å². The topological polar surface area (TPSA) is 82.1 Å². The van der Waals surface area contributed by atoms with Gasteiger partial charge in [-0.3, -0.25) is 0 Å². The standard InChI is InChI=1S/C12H16ClN3O2/c1-12(17)4-5-16(7-12)10-3-2-8(13)6-9(10)11(14)15-18/h2-3,6,17-18H,4-5,7H2,1H3,(H2,14,15). The van der Waals surface area contributed by atoms with Gasteiger partial charge in [-0.25, -0.2) is 0 Å². The van der Waals surface area contributed by atoms with Crippen LogP contribution < -0.4 is 10.6 Å². The first-order chi connectivity index (χ1) is 8.43. The second-order valence-electron chi connectivity index (χ2n) is 4.82. The number of oxime groups is 1. The minimum atomic E-state index is -0.706. The fourth-order valence-electron chi connectivity index (χ4n) is 2.19. The van der Waals surface area contributed by atoms with Gasteiger partial charge in [0.15, 0.2) is 5.84 Å². The Bertz CT molecular complexity index is 488. The molecule has 4 N–H and O–H groups in total. The van der Waals surface area contributed by atoms with E-state index in [2.05, 4.69) is 5.16 Å². The number of anilines is 1. The molecule has 0 bridgehead atoms. The van der Waals surface area contributed by atoms with Crippen molar-refractivity contribution in [1.29, 1.82) is 0 Å². The van der Waals surface area contributed by atoms with Crippen LogP contribution in [0.15, 0.2) is 23.4 Å². The first-order valence-corrected chi connectivity index (χ1v) is 6.05. The summed E-state index contributed by atoms with van der Waals surface area (Å²) in [5.74, 6) is 0.0130. The molecule has 1 fully saturated rings. The second-order valence-corrected chi connectivity index (χ2v) is 5.25. The quantitative estimate of drug-likeness (QED) is 0.328. The molecule has 0 radical (unpaired) electrons. The maximum absolute atomic E-state index is 9.99. The molecule has 1 heterocycles. The summed E-state index contributed by atoms with van der Waals surface area (Å²) in [4.78, 5) is 2.00. The van der Waals surface area contributed by atoms with E-state index in [4.69, 9.17) is 22.5 Å². The predicted octanol–water partition coefficient (Wildman–Crippen LogP) is 1.40. The second kappa shape index (κ2) is 4.66. The summed E-state index contributed by atoms with van der Waals surface area (Å²) in [5.41, 5.74) is 6.33. The van der Waals surface area contributed by atoms with Gasteiger partial charge in [0, 0.05) is 29.4 Å². The lowest BCUT2D eigenvalue weighted by Gasteiger charge is -2.23. The summed E-state index contributed by atoms with van der Waals surface area (Å²) >= 11 is 5.92. The first-order valence-electron chi connectivity index (χ1n) is 5.68. The molecule has 0 spiro atoms. The normalized spacial score (nSPS) is 24.6. The van der Waals surface area contributed by atoms with Gasteiger partial charge in [-0.1, -0.05) is 16.8 Å². The lowest BCUT2D eigenvalue weighted by Crippen LogP contribution is -2.31. The van der Waals surface area contributed by atoms with E-state index in [1.165, 1.54) is 0 Å². The Kier molecular flexibility index (Phi) is 3.36. The zero-order valence-electron chi connectivity index (χ0n) is 10.1. The highest BCUT2D eigenvalue weighted by Gasteiger charge is 2.32. The van der Waals surface area contributed by atoms with Crippen molar-refractivity contribution in [2.24, 2.45) is 10.9 Å². The molecule has 98 valence electrons. The SMILES string of the molecule is CC1(O)CCN(c2ccc(Cl)cc2/C(N)=N/O)C1. The first kappa shape index (κ1) is 13.0. The van der Waals surface area contributed by atoms with Gasteiger partial charge in [0.05, 0.1) is 5.60 Å². The van der Waals surface area contributed by atoms with Crippen LogP contribution in [0.25, 0.3) is 0 Å². The fourth-order valence-corrected chi connectivity index (χ4v) is 2.37. The number of hydrogen-bond donors (Lipinski definition) is 3. The minimum Gasteiger partial charge on any atom is -0.409 e. The molecule has 1 atom stereocenters. The molecule has 5 nitrogen and oxygen atoms in total. The summed E-state index contributed by atoms with van der Waals surface area (Å²) in [6, 6.07) is 5.22. The molecule has 1 saturated heterocycles. The zero-order valence-corrected chi connectivity index (χ0v) is 10.9. The van der Waals surface area contributed by atoms with Gasteiger partial charge < -0.3 is 20.9 Å². The Morgan fingerprint density at radius 3 is 2.83 bits per heavy atom. The Hall–Kier alpha value is -1.46. The Balaban J connectivity index is 2.39. The van der Waals surface area contributed by atoms with Crippen LogP contribution in [0.4, 0.5) is 5.69 Å². The van der Waals surface area contributed by atoms with Gasteiger partial charge in [0.25, 0.3) is 0 Å². The highest BCUT2D eigenvalue weighted by atomic mass is 35.5. The van der Waals surface area contributed by atoms with E-state index >= 15 is 0 Å². The van der Waals surface area contributed by atoms with Gasteiger partial charge in [-0.2, -0.15) is 0 Å². The summed E-state index contributed by atoms with van der Waals surface area (Å²) in [7, 11) is 0. The molecule has 0 amide bonds. The van der Waals surface area contributed by atoms with E-state index in [9.17, 15) is 5.11 Å². The van der Waals surface area contributed by atoms with Crippen molar-refractivity contribution in [3.63, 3.8) is 0 Å². The van der Waals surface area contributed by atoms with Gasteiger partial charge in [-0.05, 0) is 31.5 Å². The van der Waals surface area contributed by atoms with E-state index < -0.39 is 5.60 Å². The van der Waals surface area contributed by atoms with E-state index in [1.54, 1.807) is 19.1 Å². The summed E-state index contributed by atoms with van der Waals surface area (Å²) in [5, 5.41) is 22.3. The van der Waals surface area contributed by atoms with E-state index in [-0.39, 0.29) is 5.84 Å². The van der Waals surface area contributed by atoms with Crippen LogP contribution >= 0.6 is 11.6 Å². The third-order valence-electron chi connectivity index (χ3n) is 3.13. The summed E-state index contributed by atoms with van der Waals surface area (Å²) < 4.78 is 0. The molecule has 0 saturated carbocycles. The van der Waals surface area contributed by atoms with Crippen molar-refractivity contribution in [3.8, 4) is 0 Å². The van der Waals surface area contributed by atoms with Crippen LogP contribution in [0.2, 0.25) is 5.02 Å². The van der Waals surface area contributed by atoms with Gasteiger partial charge in [0.1, 0.15) is 0 Å². The summed E-state index contributed by atoms with van der Waals surface area (Å²) in [6.07, 6.45) is 0.686. The van der Waals surface area contributed by atoms with Gasteiger partial charge >= 0.3 is 0 Å². The van der Waals surface area contributed by atoms with Crippen LogP contribution in [-0.2, 0) is 0 Å². The molecule has 1 aromatic rings. The maximum Gasteiger partial charge on any atom is 0.172 e. The number of β-amino-alcohol motifs (C(OH)–C–C–N with tert-alkyl or cyclic N) is 1. The number of nitrogens with two attached hydrogens (primary N) is 1. The average molecular weight is 270 g/mol. The molecular weight excluding hydrogens is 254 g/mol. The van der Waals surface area contributed by atoms with Crippen molar-refractivity contribution in [2.75, 3.05) is 18.0 Å². The number of halogens is 1. The van der Waals surface area contributed by atoms with E-state index in [0.29, 0.717) is 23.6 Å². The molecule has 1 unspecified atom stereocenters. The number of aliphatic hydroxyl groups is 1. The highest BCUT2D eigenvalue weighted by molar-refractivity contribution is 6.31. The third kappa shape index (κ3) is 2.52. The van der Waals surface area contributed by atoms with E-state index in [1.807, 2.05) is 11.0 Å². The Morgan fingerprint density at radius 2 is 2.28 bits per heavy atom. The number of hydrogen-bond acceptors (Lipinski definition) is 4. The van der Waals surface area contributed by atoms with Crippen LogP contribution in [0.3, 0.4) is 0 Å². The van der Waals surface area contributed by atoms with Crippen LogP contribution in [0.1, 0.15) is 18.9 Å². The third-order valence-corrected chi connectivity index (χ3v) is 3.37. The van der Waals surface area contributed by atoms with Crippen molar-refractivity contribution >= 4 is 23.1 Å². The molecule has 1 aromatic carbocycles. The van der Waals surface area contributed by atoms with Crippen molar-refractivity contribution in [3.05, 3.63) is 28.8 Å². The molecule has 2 rings (SSSR count). The van der Waals surface area contributed by atoms with Crippen LogP contribution in [0, 0.1) is 0 Å². The van der Waals surface area contributed by atoms with Gasteiger partial charge in [-0.15, -0.1) is 0 Å². The largest absolute Gasteiger partial charge is 0.409 e. The molecular formula is C12H16ClN3O2. The number of amidine groups is 1. The Labute approximate surface area is 110 Å². The fraction of sp³-hybridized carbons (Fsp3) is 0.417. The number of benzene rings is 1. The number of rotatable bonds is 2. The zero-order chi connectivity index (χ0) is 13.3. The van der Waals surface area contributed by atoms with Crippen LogP contribution in [-0.4, -0.2) is 34.8 Å². The highest BCUT2D eigenvalue weighted by Crippen LogP contribution is 2.30. The molecule has 1 aliphatic rings. The minimum absolute atomic E-state index is 0.0130. The molecule has 18 heavy (non-hydrogen) atoms. The van der Waals surface area contributed by atoms with Crippen molar-refractivity contribution in [1.82, 2.24) is 0 Å². The lowest BCUT2D eigenvalue weighted by molar-refractivity contribution is 0.0839. The monoisotopic (exact) mass is 269 g/mol. The van der Waals surface area contributed by atoms with Crippen molar-refractivity contribution in [2.45, 2.75) is 18.9 Å². The average Bonchev–Trinajstić information content (AvgIpc) is 2.68. The lowest BCUT2D eigenvalue weighted by atomic mass is 10.1. The smallest absolute Gasteiger partial charge is 0.172 e. The molecule has 6 heteroatoms. The summed E-state index contributed by atoms with van der Waals surface area (Å²) in [6.45, 7) is 3.03. The van der Waals surface area contributed by atoms with E-state index in [0.717, 1.165) is 12.2 Å². The molecule has 0 aromatic heterocycles. The van der Waals surface area contributed by atoms with Crippen molar-refractivity contribution < 1.29 is 10.3 Å². The molecule has 0 aliphatic carbocycles. The van der Waals surface area contributed by atoms with Gasteiger partial charge in [0.2, 0.25) is 0 Å². The number of nitrogens with zero attached hydrogens (tertiary/aromatic N) is 2. The Morgan fingerprint density at radius 1 is 1.56 bits per heavy atom. The molecule has 1 aliphatic heterocycles. The predicted molar refractivity (Wildman–Crippen MR) is 71.4 cm³/mol.